The third-order valence-electron chi connectivity index (χ3n) is 2.17. The molecule has 1 aliphatic rings. The Labute approximate surface area is 74.9 Å². The Bertz CT molecular complexity index is 157. The summed E-state index contributed by atoms with van der Waals surface area (Å²) in [4.78, 5) is 0. The van der Waals surface area contributed by atoms with Crippen molar-refractivity contribution in [1.82, 2.24) is 0 Å². The van der Waals surface area contributed by atoms with E-state index in [0.29, 0.717) is 10.8 Å². The van der Waals surface area contributed by atoms with E-state index in [-0.39, 0.29) is 0 Å². The molecule has 0 radical (unpaired) electrons. The van der Waals surface area contributed by atoms with Gasteiger partial charge in [-0.3, -0.25) is 10.5 Å². The van der Waals surface area contributed by atoms with E-state index in [1.165, 1.54) is 12.8 Å². The molecule has 0 unspecified atom stereocenters. The van der Waals surface area contributed by atoms with Gasteiger partial charge in [0.25, 0.3) is 0 Å². The van der Waals surface area contributed by atoms with E-state index in [4.69, 9.17) is 10.5 Å². The molecule has 72 valence electrons. The maximum atomic E-state index is 6.00. The summed E-state index contributed by atoms with van der Waals surface area (Å²) in [6.45, 7) is 9.31. The average Bonchev–Trinajstić information content (AvgIpc) is 1.86. The van der Waals surface area contributed by atoms with E-state index in [2.05, 4.69) is 39.8 Å². The monoisotopic (exact) mass is 172 g/mol. The Morgan fingerprint density at radius 3 is 1.83 bits per heavy atom. The van der Waals surface area contributed by atoms with E-state index in [0.717, 1.165) is 0 Å². The van der Waals surface area contributed by atoms with E-state index >= 15 is 0 Å². The summed E-state index contributed by atoms with van der Waals surface area (Å²) in [6.07, 6.45) is 7.23. The molecule has 0 heterocycles. The zero-order valence-electron chi connectivity index (χ0n) is 8.46. The van der Waals surface area contributed by atoms with E-state index in [9.17, 15) is 0 Å². The second kappa shape index (κ2) is 4.06. The molecule has 0 bridgehead atoms. The second-order valence-corrected chi connectivity index (χ2v) is 4.94. The summed E-state index contributed by atoms with van der Waals surface area (Å²) in [5, 5.41) is 12.0. The highest BCUT2D eigenvalue weighted by molar-refractivity contribution is 5.04. The lowest BCUT2D eigenvalue weighted by molar-refractivity contribution is -0.176. The highest BCUT2D eigenvalue weighted by atomic mass is 17.0. The van der Waals surface area contributed by atoms with Crippen LogP contribution in [0.2, 0.25) is 0 Å². The molecule has 1 aliphatic carbocycles. The molecule has 0 fully saturated rings. The summed E-state index contributed by atoms with van der Waals surface area (Å²) < 4.78 is 0. The lowest BCUT2D eigenvalue weighted by Crippen LogP contribution is -2.24. The van der Waals surface area contributed by atoms with Crippen molar-refractivity contribution in [3.05, 3.63) is 12.2 Å². The summed E-state index contributed by atoms with van der Waals surface area (Å²) in [5.74, 6) is 0. The van der Waals surface area contributed by atoms with Gasteiger partial charge in [-0.15, -0.1) is 0 Å². The highest BCUT2D eigenvalue weighted by Crippen LogP contribution is 2.41. The fraction of sp³-hybridized carbons (Fsp3) is 0.800. The van der Waals surface area contributed by atoms with Gasteiger partial charge in [0.1, 0.15) is 0 Å². The van der Waals surface area contributed by atoms with Crippen molar-refractivity contribution >= 4 is 0 Å². The molecule has 0 atom stereocenters. The molecule has 12 heavy (non-hydrogen) atoms. The van der Waals surface area contributed by atoms with Gasteiger partial charge in [0.15, 0.2) is 0 Å². The Morgan fingerprint density at radius 1 is 1.08 bits per heavy atom. The third kappa shape index (κ3) is 3.88. The Hall–Kier alpha value is -0.340. The van der Waals surface area contributed by atoms with Crippen LogP contribution >= 0.6 is 0 Å². The fourth-order valence-corrected chi connectivity index (χ4v) is 2.06. The zero-order valence-corrected chi connectivity index (χ0v) is 8.46. The first-order valence-corrected chi connectivity index (χ1v) is 4.29. The third-order valence-corrected chi connectivity index (χ3v) is 2.17. The SMILES string of the molecule is CC1(C)C=CCC(C)(C)C1.OO. The fourth-order valence-electron chi connectivity index (χ4n) is 2.06. The van der Waals surface area contributed by atoms with Crippen LogP contribution < -0.4 is 0 Å². The maximum absolute atomic E-state index is 6.00. The van der Waals surface area contributed by atoms with Gasteiger partial charge in [0.05, 0.1) is 0 Å². The van der Waals surface area contributed by atoms with Crippen molar-refractivity contribution in [3.8, 4) is 0 Å². The molecular weight excluding hydrogens is 152 g/mol. The van der Waals surface area contributed by atoms with Crippen molar-refractivity contribution in [2.75, 3.05) is 0 Å². The van der Waals surface area contributed by atoms with Gasteiger partial charge in [-0.05, 0) is 23.7 Å². The lowest BCUT2D eigenvalue weighted by atomic mass is 9.69. The smallest absolute Gasteiger partial charge is 0.0170 e. The molecule has 0 spiro atoms. The van der Waals surface area contributed by atoms with Crippen LogP contribution in [-0.4, -0.2) is 10.5 Å². The molecule has 1 rings (SSSR count). The first kappa shape index (κ1) is 11.7. The molecule has 0 aromatic carbocycles. The minimum Gasteiger partial charge on any atom is -0.255 e. The van der Waals surface area contributed by atoms with Crippen LogP contribution in [0.5, 0.6) is 0 Å². The molecule has 2 nitrogen and oxygen atoms in total. The second-order valence-electron chi connectivity index (χ2n) is 4.94. The van der Waals surface area contributed by atoms with Crippen molar-refractivity contribution in [1.29, 1.82) is 0 Å². The van der Waals surface area contributed by atoms with Gasteiger partial charge in [-0.1, -0.05) is 39.8 Å². The first-order chi connectivity index (χ1) is 5.41. The van der Waals surface area contributed by atoms with Crippen molar-refractivity contribution in [3.63, 3.8) is 0 Å². The molecule has 2 heteroatoms. The quantitative estimate of drug-likeness (QED) is 0.334. The summed E-state index contributed by atoms with van der Waals surface area (Å²) >= 11 is 0. The Morgan fingerprint density at radius 2 is 1.58 bits per heavy atom. The first-order valence-electron chi connectivity index (χ1n) is 4.29. The predicted molar refractivity (Wildman–Crippen MR) is 51.2 cm³/mol. The van der Waals surface area contributed by atoms with Crippen LogP contribution in [0, 0.1) is 10.8 Å². The Kier molecular flexibility index (Phi) is 3.94. The number of rotatable bonds is 0. The van der Waals surface area contributed by atoms with Crippen molar-refractivity contribution < 1.29 is 10.5 Å². The normalized spacial score (nSPS) is 24.2. The maximum Gasteiger partial charge on any atom is -0.0170 e. The number of hydrogen-bond acceptors (Lipinski definition) is 2. The summed E-state index contributed by atoms with van der Waals surface area (Å²) in [6, 6.07) is 0. The molecule has 0 saturated heterocycles. The molecule has 0 aromatic rings. The predicted octanol–water partition coefficient (Wildman–Crippen LogP) is 3.41. The van der Waals surface area contributed by atoms with E-state index in [1.54, 1.807) is 0 Å². The van der Waals surface area contributed by atoms with Gasteiger partial charge < -0.3 is 0 Å². The van der Waals surface area contributed by atoms with Crippen molar-refractivity contribution in [2.45, 2.75) is 40.5 Å². The van der Waals surface area contributed by atoms with Crippen LogP contribution in [-0.2, 0) is 0 Å². The largest absolute Gasteiger partial charge is 0.255 e. The number of hydrogen-bond donors (Lipinski definition) is 2. The van der Waals surface area contributed by atoms with Crippen LogP contribution in [0.3, 0.4) is 0 Å². The molecule has 0 saturated carbocycles. The van der Waals surface area contributed by atoms with Gasteiger partial charge in [-0.25, -0.2) is 0 Å². The molecule has 2 N–H and O–H groups in total. The highest BCUT2D eigenvalue weighted by Gasteiger charge is 2.28. The van der Waals surface area contributed by atoms with Gasteiger partial charge in [-0.2, -0.15) is 0 Å². The van der Waals surface area contributed by atoms with Crippen LogP contribution in [0.25, 0.3) is 0 Å². The molecule has 0 aromatic heterocycles. The van der Waals surface area contributed by atoms with Crippen LogP contribution in [0.4, 0.5) is 0 Å². The van der Waals surface area contributed by atoms with Gasteiger partial charge in [0, 0.05) is 0 Å². The van der Waals surface area contributed by atoms with Gasteiger partial charge >= 0.3 is 0 Å². The molecular formula is C10H20O2. The van der Waals surface area contributed by atoms with Crippen LogP contribution in [0.15, 0.2) is 12.2 Å². The Balaban J connectivity index is 0.000000561. The van der Waals surface area contributed by atoms with E-state index < -0.39 is 0 Å². The standard InChI is InChI=1S/C10H18.H2O2/c1-9(2)6-5-7-10(3,4)8-9;1-2/h5-6H,7-8H2,1-4H3;1-2H. The summed E-state index contributed by atoms with van der Waals surface area (Å²) in [7, 11) is 0. The topological polar surface area (TPSA) is 40.5 Å². The lowest BCUT2D eigenvalue weighted by Gasteiger charge is -2.36. The minimum absolute atomic E-state index is 0.432. The summed E-state index contributed by atoms with van der Waals surface area (Å²) in [5.41, 5.74) is 0.958. The number of allylic oxidation sites excluding steroid dienone is 2. The average molecular weight is 172 g/mol. The zero-order chi connectivity index (χ0) is 9.83. The van der Waals surface area contributed by atoms with Gasteiger partial charge in [0.2, 0.25) is 0 Å². The molecule has 0 aliphatic heterocycles. The van der Waals surface area contributed by atoms with Crippen molar-refractivity contribution in [2.24, 2.45) is 10.8 Å². The van der Waals surface area contributed by atoms with E-state index in [1.807, 2.05) is 0 Å². The minimum atomic E-state index is 0.432. The van der Waals surface area contributed by atoms with Crippen LogP contribution in [0.1, 0.15) is 40.5 Å². The molecule has 0 amide bonds.